The van der Waals surface area contributed by atoms with E-state index in [1.807, 2.05) is 24.3 Å². The zero-order valence-corrected chi connectivity index (χ0v) is 20.2. The van der Waals surface area contributed by atoms with Gasteiger partial charge < -0.3 is 9.47 Å². The highest BCUT2D eigenvalue weighted by Gasteiger charge is 2.27. The standard InChI is InChI=1S/C28H30O6/c1-5-33-27(31)21-11-13-25(29)23(17(21)3)15-19-7-9-20(10-8-19)16-24-18(4)22(12-14-26(24)30)28(32)34-6-2/h7-10,15-16H,5-6,11-14H2,1-4H3/b23-15+,24-16+. The van der Waals surface area contributed by atoms with E-state index >= 15 is 0 Å². The molecule has 0 N–H and O–H groups in total. The molecule has 6 nitrogen and oxygen atoms in total. The fourth-order valence-corrected chi connectivity index (χ4v) is 4.21. The van der Waals surface area contributed by atoms with E-state index in [2.05, 4.69) is 0 Å². The van der Waals surface area contributed by atoms with E-state index < -0.39 is 0 Å². The number of carbonyl (C=O) groups is 4. The number of esters is 2. The van der Waals surface area contributed by atoms with Crippen LogP contribution in [0.3, 0.4) is 0 Å². The highest BCUT2D eigenvalue weighted by molar-refractivity contribution is 6.09. The predicted molar refractivity (Wildman–Crippen MR) is 130 cm³/mol. The summed E-state index contributed by atoms with van der Waals surface area (Å²) in [5.41, 5.74) is 5.05. The second kappa shape index (κ2) is 11.1. The Labute approximate surface area is 200 Å². The molecule has 0 aliphatic heterocycles. The lowest BCUT2D eigenvalue weighted by Crippen LogP contribution is -2.19. The van der Waals surface area contributed by atoms with E-state index in [1.54, 1.807) is 39.8 Å². The van der Waals surface area contributed by atoms with Gasteiger partial charge in [0.2, 0.25) is 0 Å². The second-order valence-corrected chi connectivity index (χ2v) is 8.28. The van der Waals surface area contributed by atoms with Gasteiger partial charge in [-0.05, 0) is 75.0 Å². The molecule has 2 aliphatic carbocycles. The van der Waals surface area contributed by atoms with E-state index in [0.717, 1.165) is 11.1 Å². The van der Waals surface area contributed by atoms with Gasteiger partial charge in [-0.25, -0.2) is 9.59 Å². The summed E-state index contributed by atoms with van der Waals surface area (Å²) in [5, 5.41) is 0. The Morgan fingerprint density at radius 1 is 0.706 bits per heavy atom. The molecule has 0 aromatic heterocycles. The van der Waals surface area contributed by atoms with Crippen LogP contribution in [0.5, 0.6) is 0 Å². The van der Waals surface area contributed by atoms with Crippen molar-refractivity contribution in [3.8, 4) is 0 Å². The summed E-state index contributed by atoms with van der Waals surface area (Å²) in [6, 6.07) is 7.43. The van der Waals surface area contributed by atoms with Crippen LogP contribution in [0.2, 0.25) is 0 Å². The zero-order chi connectivity index (χ0) is 24.8. The molecule has 0 heterocycles. The summed E-state index contributed by atoms with van der Waals surface area (Å²) >= 11 is 0. The van der Waals surface area contributed by atoms with Gasteiger partial charge >= 0.3 is 11.9 Å². The number of hydrogen-bond donors (Lipinski definition) is 0. The number of allylic oxidation sites excluding steroid dienone is 4. The minimum atomic E-state index is -0.372. The topological polar surface area (TPSA) is 86.7 Å². The second-order valence-electron chi connectivity index (χ2n) is 8.28. The number of benzene rings is 1. The van der Waals surface area contributed by atoms with Crippen molar-refractivity contribution in [2.75, 3.05) is 13.2 Å². The largest absolute Gasteiger partial charge is 0.463 e. The molecule has 0 bridgehead atoms. The lowest BCUT2D eigenvalue weighted by atomic mass is 9.85. The van der Waals surface area contributed by atoms with E-state index in [4.69, 9.17) is 9.47 Å². The van der Waals surface area contributed by atoms with Crippen molar-refractivity contribution in [3.63, 3.8) is 0 Å². The van der Waals surface area contributed by atoms with Crippen LogP contribution in [0.25, 0.3) is 12.2 Å². The Hall–Kier alpha value is -3.54. The first-order valence-corrected chi connectivity index (χ1v) is 11.6. The fraction of sp³-hybridized carbons (Fsp3) is 0.357. The molecular formula is C28H30O6. The quantitative estimate of drug-likeness (QED) is 0.440. The number of ketones is 2. The first kappa shape index (κ1) is 25.1. The Morgan fingerprint density at radius 3 is 1.38 bits per heavy atom. The smallest absolute Gasteiger partial charge is 0.334 e. The summed E-state index contributed by atoms with van der Waals surface area (Å²) in [7, 11) is 0. The number of Topliss-reactive ketones (excluding diaryl/α,β-unsaturated/α-hetero) is 2. The first-order valence-electron chi connectivity index (χ1n) is 11.6. The summed E-state index contributed by atoms with van der Waals surface area (Å²) in [6.45, 7) is 7.64. The van der Waals surface area contributed by atoms with Crippen LogP contribution in [0, 0.1) is 0 Å². The van der Waals surface area contributed by atoms with Crippen LogP contribution < -0.4 is 0 Å². The van der Waals surface area contributed by atoms with Crippen molar-refractivity contribution in [2.45, 2.75) is 53.4 Å². The van der Waals surface area contributed by atoms with E-state index in [-0.39, 0.29) is 49.6 Å². The lowest BCUT2D eigenvalue weighted by Gasteiger charge is -2.19. The number of hydrogen-bond acceptors (Lipinski definition) is 6. The van der Waals surface area contributed by atoms with Crippen molar-refractivity contribution in [1.82, 2.24) is 0 Å². The third kappa shape index (κ3) is 5.50. The summed E-state index contributed by atoms with van der Waals surface area (Å²) in [6.07, 6.45) is 4.89. The van der Waals surface area contributed by atoms with E-state index in [9.17, 15) is 19.2 Å². The summed E-state index contributed by atoms with van der Waals surface area (Å²) in [4.78, 5) is 49.5. The highest BCUT2D eigenvalue weighted by Crippen LogP contribution is 2.31. The Balaban J connectivity index is 1.90. The van der Waals surface area contributed by atoms with E-state index in [1.165, 1.54) is 0 Å². The van der Waals surface area contributed by atoms with Gasteiger partial charge in [-0.1, -0.05) is 24.3 Å². The molecule has 0 unspecified atom stereocenters. The minimum Gasteiger partial charge on any atom is -0.463 e. The van der Waals surface area contributed by atoms with Gasteiger partial charge in [0, 0.05) is 35.1 Å². The van der Waals surface area contributed by atoms with Gasteiger partial charge in [0.1, 0.15) is 0 Å². The molecular weight excluding hydrogens is 432 g/mol. The average Bonchev–Trinajstić information content (AvgIpc) is 2.80. The van der Waals surface area contributed by atoms with Crippen LogP contribution in [0.4, 0.5) is 0 Å². The maximum Gasteiger partial charge on any atom is 0.334 e. The molecule has 34 heavy (non-hydrogen) atoms. The van der Waals surface area contributed by atoms with Gasteiger partial charge in [0.05, 0.1) is 13.2 Å². The average molecular weight is 463 g/mol. The van der Waals surface area contributed by atoms with Gasteiger partial charge in [-0.2, -0.15) is 0 Å². The zero-order valence-electron chi connectivity index (χ0n) is 20.2. The van der Waals surface area contributed by atoms with Crippen molar-refractivity contribution >= 4 is 35.7 Å². The fourth-order valence-electron chi connectivity index (χ4n) is 4.21. The Bertz CT molecular complexity index is 1050. The number of ether oxygens (including phenoxy) is 2. The summed E-state index contributed by atoms with van der Waals surface area (Å²) in [5.74, 6) is -0.750. The molecule has 2 aliphatic rings. The van der Waals surface area contributed by atoms with Crippen molar-refractivity contribution in [2.24, 2.45) is 0 Å². The van der Waals surface area contributed by atoms with Crippen molar-refractivity contribution in [3.05, 3.63) is 68.8 Å². The Kier molecular flexibility index (Phi) is 8.16. The molecule has 178 valence electrons. The van der Waals surface area contributed by atoms with Gasteiger partial charge in [0.15, 0.2) is 11.6 Å². The van der Waals surface area contributed by atoms with Gasteiger partial charge in [-0.3, -0.25) is 9.59 Å². The molecule has 0 fully saturated rings. The van der Waals surface area contributed by atoms with Crippen molar-refractivity contribution < 1.29 is 28.7 Å². The number of carbonyl (C=O) groups excluding carboxylic acids is 4. The van der Waals surface area contributed by atoms with Gasteiger partial charge in [0.25, 0.3) is 0 Å². The molecule has 0 amide bonds. The molecule has 1 aromatic rings. The highest BCUT2D eigenvalue weighted by atomic mass is 16.5. The predicted octanol–water partition coefficient (Wildman–Crippen LogP) is 4.94. The van der Waals surface area contributed by atoms with Crippen LogP contribution in [-0.2, 0) is 28.7 Å². The lowest BCUT2D eigenvalue weighted by molar-refractivity contribution is -0.139. The van der Waals surface area contributed by atoms with Crippen LogP contribution in [-0.4, -0.2) is 36.7 Å². The molecule has 6 heteroatoms. The molecule has 0 spiro atoms. The first-order chi connectivity index (χ1) is 16.3. The normalized spacial score (nSPS) is 19.2. The monoisotopic (exact) mass is 462 g/mol. The molecule has 1 aromatic carbocycles. The maximum atomic E-state index is 12.5. The third-order valence-electron chi connectivity index (χ3n) is 6.12. The van der Waals surface area contributed by atoms with Crippen LogP contribution >= 0.6 is 0 Å². The maximum absolute atomic E-state index is 12.5. The van der Waals surface area contributed by atoms with Crippen molar-refractivity contribution in [1.29, 1.82) is 0 Å². The summed E-state index contributed by atoms with van der Waals surface area (Å²) < 4.78 is 10.2. The molecule has 0 saturated carbocycles. The molecule has 0 saturated heterocycles. The van der Waals surface area contributed by atoms with Crippen LogP contribution in [0.15, 0.2) is 57.7 Å². The SMILES string of the molecule is CCOC(=O)C1=C(C)/C(=C\c2ccc(/C=C3/C(=O)CCC(C(=O)OCC)=C3C)cc2)C(=O)CC1. The molecule has 0 radical (unpaired) electrons. The minimum absolute atomic E-state index is 0.00296. The third-order valence-corrected chi connectivity index (χ3v) is 6.12. The van der Waals surface area contributed by atoms with Crippen LogP contribution in [0.1, 0.15) is 64.5 Å². The van der Waals surface area contributed by atoms with Gasteiger partial charge in [-0.15, -0.1) is 0 Å². The number of rotatable bonds is 6. The Morgan fingerprint density at radius 2 is 1.06 bits per heavy atom. The molecule has 0 atom stereocenters. The molecule has 3 rings (SSSR count). The van der Waals surface area contributed by atoms with E-state index in [0.29, 0.717) is 46.3 Å².